The van der Waals surface area contributed by atoms with E-state index in [4.69, 9.17) is 11.6 Å². The summed E-state index contributed by atoms with van der Waals surface area (Å²) in [6.07, 6.45) is 0. The Kier molecular flexibility index (Phi) is 4.90. The number of amides is 3. The van der Waals surface area contributed by atoms with Crippen LogP contribution in [0.3, 0.4) is 0 Å². The van der Waals surface area contributed by atoms with E-state index in [-0.39, 0.29) is 24.3 Å². The quantitative estimate of drug-likeness (QED) is 0.830. The van der Waals surface area contributed by atoms with Crippen molar-refractivity contribution in [2.24, 2.45) is 11.8 Å². The average molecular weight is 371 g/mol. The van der Waals surface area contributed by atoms with Gasteiger partial charge in [0.1, 0.15) is 0 Å². The zero-order valence-electron chi connectivity index (χ0n) is 13.1. The summed E-state index contributed by atoms with van der Waals surface area (Å²) in [6, 6.07) is 5.09. The van der Waals surface area contributed by atoms with Gasteiger partial charge in [-0.3, -0.25) is 9.69 Å². The first-order chi connectivity index (χ1) is 11.1. The maximum Gasteiger partial charge on any atom is 0.321 e. The first-order valence-corrected chi connectivity index (χ1v) is 8.36. The summed E-state index contributed by atoms with van der Waals surface area (Å²) in [5.41, 5.74) is 1.20. The number of benzene rings is 1. The van der Waals surface area contributed by atoms with Gasteiger partial charge in [-0.05, 0) is 30.0 Å². The molecule has 0 aromatic heterocycles. The molecule has 0 unspecified atom stereocenters. The third-order valence-corrected chi connectivity index (χ3v) is 5.36. The number of fused-ring (bicyclic) bond motifs is 1. The van der Waals surface area contributed by atoms with Crippen molar-refractivity contribution in [2.45, 2.75) is 0 Å². The smallest absolute Gasteiger partial charge is 0.321 e. The molecule has 4 rings (SSSR count). The Morgan fingerprint density at radius 3 is 2.54 bits per heavy atom. The van der Waals surface area contributed by atoms with Gasteiger partial charge >= 0.3 is 6.03 Å². The number of nitrogens with zero attached hydrogens (tertiary/aromatic N) is 2. The molecule has 8 heteroatoms. The van der Waals surface area contributed by atoms with E-state index in [0.717, 1.165) is 26.2 Å². The maximum absolute atomic E-state index is 12.8. The molecular weight excluding hydrogens is 351 g/mol. The van der Waals surface area contributed by atoms with Gasteiger partial charge in [-0.2, -0.15) is 0 Å². The van der Waals surface area contributed by atoms with E-state index in [1.54, 1.807) is 23.1 Å². The molecule has 0 bridgehead atoms. The molecule has 130 valence electrons. The molecule has 0 spiro atoms. The molecule has 2 N–H and O–H groups in total. The van der Waals surface area contributed by atoms with Crippen LogP contribution in [0.4, 0.5) is 10.5 Å². The van der Waals surface area contributed by atoms with Crippen LogP contribution in [0.2, 0.25) is 5.02 Å². The van der Waals surface area contributed by atoms with E-state index in [2.05, 4.69) is 10.6 Å². The third-order valence-electron chi connectivity index (χ3n) is 5.03. The molecular formula is C16H20Cl2N4O2. The Labute approximate surface area is 151 Å². The number of halogens is 2. The summed E-state index contributed by atoms with van der Waals surface area (Å²) in [6.45, 7) is 4.75. The highest BCUT2D eigenvalue weighted by molar-refractivity contribution is 6.34. The summed E-state index contributed by atoms with van der Waals surface area (Å²) >= 11 is 6.25. The minimum absolute atomic E-state index is 0. The fraction of sp³-hybridized carbons (Fsp3) is 0.500. The normalized spacial score (nSPS) is 25.5. The summed E-state index contributed by atoms with van der Waals surface area (Å²) in [5, 5.41) is 6.57. The van der Waals surface area contributed by atoms with Gasteiger partial charge in [0.05, 0.1) is 10.6 Å². The molecule has 24 heavy (non-hydrogen) atoms. The number of urea groups is 1. The number of carbonyl (C=O) groups excluding carboxylic acids is 2. The lowest BCUT2D eigenvalue weighted by molar-refractivity contribution is 0.0782. The fourth-order valence-corrected chi connectivity index (χ4v) is 3.95. The second-order valence-corrected chi connectivity index (χ2v) is 6.84. The number of hydrogen-bond acceptors (Lipinski definition) is 3. The first kappa shape index (κ1) is 17.3. The molecule has 3 saturated heterocycles. The largest absolute Gasteiger partial charge is 0.338 e. The molecule has 0 saturated carbocycles. The molecule has 0 radical (unpaired) electrons. The van der Waals surface area contributed by atoms with Crippen molar-refractivity contribution in [2.75, 3.05) is 44.2 Å². The lowest BCUT2D eigenvalue weighted by Gasteiger charge is -2.20. The van der Waals surface area contributed by atoms with E-state index >= 15 is 0 Å². The summed E-state index contributed by atoms with van der Waals surface area (Å²) in [4.78, 5) is 28.2. The predicted octanol–water partition coefficient (Wildman–Crippen LogP) is 1.58. The van der Waals surface area contributed by atoms with Crippen molar-refractivity contribution in [3.8, 4) is 0 Å². The molecule has 1 aromatic carbocycles. The molecule has 3 fully saturated rings. The molecule has 3 aliphatic rings. The van der Waals surface area contributed by atoms with E-state index in [1.807, 2.05) is 4.90 Å². The number of carbonyl (C=O) groups is 2. The average Bonchev–Trinajstić information content (AvgIpc) is 3.22. The highest BCUT2D eigenvalue weighted by atomic mass is 35.5. The fourth-order valence-electron chi connectivity index (χ4n) is 3.75. The highest BCUT2D eigenvalue weighted by Gasteiger charge is 2.38. The number of nitrogens with one attached hydrogen (secondary N) is 2. The maximum atomic E-state index is 12.8. The Hall–Kier alpha value is -1.50. The van der Waals surface area contributed by atoms with Crippen molar-refractivity contribution in [1.82, 2.24) is 15.5 Å². The van der Waals surface area contributed by atoms with Gasteiger partial charge in [-0.15, -0.1) is 12.4 Å². The van der Waals surface area contributed by atoms with Crippen LogP contribution >= 0.6 is 24.0 Å². The van der Waals surface area contributed by atoms with Crippen LogP contribution in [0.15, 0.2) is 18.2 Å². The predicted molar refractivity (Wildman–Crippen MR) is 95.2 cm³/mol. The monoisotopic (exact) mass is 370 g/mol. The zero-order valence-corrected chi connectivity index (χ0v) is 14.7. The van der Waals surface area contributed by atoms with Crippen LogP contribution in [0.1, 0.15) is 10.4 Å². The Morgan fingerprint density at radius 1 is 1.21 bits per heavy atom. The molecule has 2 atom stereocenters. The SMILES string of the molecule is Cl.O=C(c1cc(N2CCNC2=O)ccc1Cl)N1C[C@H]2CNC[C@H]2C1. The summed E-state index contributed by atoms with van der Waals surface area (Å²) in [7, 11) is 0. The minimum atomic E-state index is -0.132. The van der Waals surface area contributed by atoms with Gasteiger partial charge in [0.25, 0.3) is 5.91 Å². The lowest BCUT2D eigenvalue weighted by Crippen LogP contribution is -2.32. The molecule has 3 amide bonds. The van der Waals surface area contributed by atoms with E-state index in [0.29, 0.717) is 41.2 Å². The van der Waals surface area contributed by atoms with E-state index < -0.39 is 0 Å². The van der Waals surface area contributed by atoms with Crippen LogP contribution in [0.5, 0.6) is 0 Å². The number of anilines is 1. The van der Waals surface area contributed by atoms with Crippen LogP contribution in [0.25, 0.3) is 0 Å². The second-order valence-electron chi connectivity index (χ2n) is 6.44. The van der Waals surface area contributed by atoms with Crippen molar-refractivity contribution >= 4 is 41.6 Å². The molecule has 0 aliphatic carbocycles. The Morgan fingerprint density at radius 2 is 1.92 bits per heavy atom. The zero-order chi connectivity index (χ0) is 16.0. The van der Waals surface area contributed by atoms with Crippen molar-refractivity contribution in [1.29, 1.82) is 0 Å². The molecule has 6 nitrogen and oxygen atoms in total. The van der Waals surface area contributed by atoms with Crippen molar-refractivity contribution < 1.29 is 9.59 Å². The standard InChI is InChI=1S/C16H19ClN4O2.ClH/c17-14-2-1-12(21-4-3-19-16(21)23)5-13(14)15(22)20-8-10-6-18-7-11(10)9-20;/h1-2,5,10-11,18H,3-4,6-9H2,(H,19,23);1H/t10-,11+;. The minimum Gasteiger partial charge on any atom is -0.338 e. The number of hydrogen-bond donors (Lipinski definition) is 2. The third kappa shape index (κ3) is 2.94. The van der Waals surface area contributed by atoms with Gasteiger partial charge in [0, 0.05) is 45.0 Å². The second kappa shape index (κ2) is 6.78. The lowest BCUT2D eigenvalue weighted by atomic mass is 10.0. The van der Waals surface area contributed by atoms with Gasteiger partial charge in [-0.1, -0.05) is 11.6 Å². The summed E-state index contributed by atoms with van der Waals surface area (Å²) in [5.74, 6) is 1.06. The van der Waals surface area contributed by atoms with Crippen molar-refractivity contribution in [3.05, 3.63) is 28.8 Å². The van der Waals surface area contributed by atoms with Crippen molar-refractivity contribution in [3.63, 3.8) is 0 Å². The van der Waals surface area contributed by atoms with E-state index in [9.17, 15) is 9.59 Å². The number of rotatable bonds is 2. The van der Waals surface area contributed by atoms with Gasteiger partial charge in [0.2, 0.25) is 0 Å². The molecule has 3 heterocycles. The molecule has 1 aromatic rings. The van der Waals surface area contributed by atoms with Gasteiger partial charge in [-0.25, -0.2) is 4.79 Å². The Balaban J connectivity index is 0.00000169. The highest BCUT2D eigenvalue weighted by Crippen LogP contribution is 2.30. The van der Waals surface area contributed by atoms with Gasteiger partial charge < -0.3 is 15.5 Å². The topological polar surface area (TPSA) is 64.7 Å². The Bertz CT molecular complexity index is 657. The molecule has 3 aliphatic heterocycles. The van der Waals surface area contributed by atoms with Crippen LogP contribution in [-0.2, 0) is 0 Å². The number of likely N-dealkylation sites (tertiary alicyclic amines) is 1. The van der Waals surface area contributed by atoms with Crippen LogP contribution < -0.4 is 15.5 Å². The van der Waals surface area contributed by atoms with Crippen LogP contribution in [-0.4, -0.2) is 56.1 Å². The van der Waals surface area contributed by atoms with Gasteiger partial charge in [0.15, 0.2) is 0 Å². The van der Waals surface area contributed by atoms with Crippen LogP contribution in [0, 0.1) is 11.8 Å². The van der Waals surface area contributed by atoms with E-state index in [1.165, 1.54) is 0 Å². The first-order valence-electron chi connectivity index (χ1n) is 7.98. The summed E-state index contributed by atoms with van der Waals surface area (Å²) < 4.78 is 0.